The fourth-order valence-corrected chi connectivity index (χ4v) is 1.29. The second kappa shape index (κ2) is 5.33. The molecule has 0 aliphatic rings. The van der Waals surface area contributed by atoms with E-state index in [2.05, 4.69) is 4.98 Å². The Morgan fingerprint density at radius 2 is 1.68 bits per heavy atom. The van der Waals surface area contributed by atoms with E-state index in [0.29, 0.717) is 6.07 Å². The molecule has 1 aromatic heterocycles. The molecule has 0 radical (unpaired) electrons. The van der Waals surface area contributed by atoms with E-state index in [9.17, 15) is 31.4 Å². The van der Waals surface area contributed by atoms with Crippen molar-refractivity contribution in [3.8, 4) is 0 Å². The maximum absolute atomic E-state index is 12.3. The van der Waals surface area contributed by atoms with Gasteiger partial charge in [0.25, 0.3) is 0 Å². The van der Waals surface area contributed by atoms with E-state index in [4.69, 9.17) is 5.11 Å². The van der Waals surface area contributed by atoms with Crippen LogP contribution in [0, 0.1) is 0 Å². The van der Waals surface area contributed by atoms with Crippen molar-refractivity contribution in [1.82, 2.24) is 4.98 Å². The number of aliphatic hydroxyl groups is 2. The summed E-state index contributed by atoms with van der Waals surface area (Å²) in [7, 11) is 0. The van der Waals surface area contributed by atoms with Crippen molar-refractivity contribution < 1.29 is 36.6 Å². The summed E-state index contributed by atoms with van der Waals surface area (Å²) in [6.07, 6.45) is -14.8. The third-order valence-electron chi connectivity index (χ3n) is 2.28. The summed E-state index contributed by atoms with van der Waals surface area (Å²) in [5.74, 6) is 0. The van der Waals surface area contributed by atoms with Gasteiger partial charge in [-0.3, -0.25) is 4.98 Å². The van der Waals surface area contributed by atoms with Crippen LogP contribution in [0.3, 0.4) is 0 Å². The smallest absolute Gasteiger partial charge is 0.388 e. The van der Waals surface area contributed by atoms with E-state index < -0.39 is 42.2 Å². The summed E-state index contributed by atoms with van der Waals surface area (Å²) < 4.78 is 73.0. The third kappa shape index (κ3) is 4.35. The predicted molar refractivity (Wildman–Crippen MR) is 50.9 cm³/mol. The molecule has 0 fully saturated rings. The van der Waals surface area contributed by atoms with Crippen LogP contribution in [-0.2, 0) is 6.18 Å². The quantitative estimate of drug-likeness (QED) is 0.840. The van der Waals surface area contributed by atoms with Crippen molar-refractivity contribution in [2.45, 2.75) is 31.0 Å². The molecule has 0 aliphatic carbocycles. The van der Waals surface area contributed by atoms with Gasteiger partial charge in [-0.1, -0.05) is 0 Å². The first-order chi connectivity index (χ1) is 8.51. The van der Waals surface area contributed by atoms with Gasteiger partial charge < -0.3 is 10.2 Å². The second-order valence-corrected chi connectivity index (χ2v) is 3.78. The number of hydrogen-bond acceptors (Lipinski definition) is 3. The SMILES string of the molecule is OC(CC(O)C(F)(F)F)c1ccnc(C(F)(F)F)c1. The van der Waals surface area contributed by atoms with Gasteiger partial charge in [-0.2, -0.15) is 26.3 Å². The Bertz CT molecular complexity index is 431. The average molecular weight is 289 g/mol. The number of pyridine rings is 1. The molecule has 0 saturated carbocycles. The zero-order chi connectivity index (χ0) is 14.8. The largest absolute Gasteiger partial charge is 0.433 e. The van der Waals surface area contributed by atoms with Crippen LogP contribution in [0.2, 0.25) is 0 Å². The van der Waals surface area contributed by atoms with Crippen molar-refractivity contribution in [1.29, 1.82) is 0 Å². The van der Waals surface area contributed by atoms with E-state index in [1.807, 2.05) is 0 Å². The Morgan fingerprint density at radius 3 is 2.16 bits per heavy atom. The van der Waals surface area contributed by atoms with Crippen LogP contribution in [-0.4, -0.2) is 27.5 Å². The molecule has 0 aliphatic heterocycles. The molecule has 0 amide bonds. The lowest BCUT2D eigenvalue weighted by atomic mass is 10.0. The summed E-state index contributed by atoms with van der Waals surface area (Å²) in [5.41, 5.74) is -1.73. The van der Waals surface area contributed by atoms with Crippen LogP contribution in [0.15, 0.2) is 18.3 Å². The first-order valence-corrected chi connectivity index (χ1v) is 4.98. The Hall–Kier alpha value is -1.35. The van der Waals surface area contributed by atoms with Gasteiger partial charge in [0.15, 0.2) is 6.10 Å². The molecule has 0 spiro atoms. The van der Waals surface area contributed by atoms with Gasteiger partial charge in [0.1, 0.15) is 5.69 Å². The predicted octanol–water partition coefficient (Wildman–Crippen LogP) is 2.45. The Morgan fingerprint density at radius 1 is 1.11 bits per heavy atom. The molecule has 0 bridgehead atoms. The highest BCUT2D eigenvalue weighted by Gasteiger charge is 2.40. The number of alkyl halides is 6. The fraction of sp³-hybridized carbons (Fsp3) is 0.500. The van der Waals surface area contributed by atoms with Crippen LogP contribution < -0.4 is 0 Å². The summed E-state index contributed by atoms with van der Waals surface area (Å²) in [5, 5.41) is 18.1. The lowest BCUT2D eigenvalue weighted by molar-refractivity contribution is -0.211. The van der Waals surface area contributed by atoms with Crippen molar-refractivity contribution in [2.75, 3.05) is 0 Å². The molecule has 3 nitrogen and oxygen atoms in total. The van der Waals surface area contributed by atoms with Gasteiger partial charge in [0.2, 0.25) is 0 Å². The first kappa shape index (κ1) is 15.7. The molecule has 0 aromatic carbocycles. The van der Waals surface area contributed by atoms with Gasteiger partial charge in [0, 0.05) is 12.6 Å². The van der Waals surface area contributed by atoms with E-state index >= 15 is 0 Å². The molecular formula is C10H9F6NO2. The minimum absolute atomic E-state index is 0.398. The second-order valence-electron chi connectivity index (χ2n) is 3.78. The lowest BCUT2D eigenvalue weighted by Crippen LogP contribution is -2.30. The highest BCUT2D eigenvalue weighted by atomic mass is 19.4. The normalized spacial score (nSPS) is 16.2. The number of rotatable bonds is 3. The van der Waals surface area contributed by atoms with E-state index in [0.717, 1.165) is 12.3 Å². The molecule has 1 aromatic rings. The Balaban J connectivity index is 2.86. The van der Waals surface area contributed by atoms with Crippen LogP contribution in [0.4, 0.5) is 26.3 Å². The van der Waals surface area contributed by atoms with Crippen molar-refractivity contribution in [3.05, 3.63) is 29.6 Å². The first-order valence-electron chi connectivity index (χ1n) is 4.98. The molecule has 2 N–H and O–H groups in total. The monoisotopic (exact) mass is 289 g/mol. The summed E-state index contributed by atoms with van der Waals surface area (Å²) >= 11 is 0. The van der Waals surface area contributed by atoms with Gasteiger partial charge in [-0.15, -0.1) is 0 Å². The van der Waals surface area contributed by atoms with E-state index in [-0.39, 0.29) is 0 Å². The number of aliphatic hydroxyl groups excluding tert-OH is 2. The Labute approximate surface area is 103 Å². The zero-order valence-corrected chi connectivity index (χ0v) is 9.20. The molecule has 1 heterocycles. The number of hydrogen-bond donors (Lipinski definition) is 2. The lowest BCUT2D eigenvalue weighted by Gasteiger charge is -2.18. The molecule has 19 heavy (non-hydrogen) atoms. The van der Waals surface area contributed by atoms with Gasteiger partial charge in [-0.05, 0) is 17.7 Å². The molecule has 108 valence electrons. The molecule has 1 rings (SSSR count). The van der Waals surface area contributed by atoms with Crippen LogP contribution in [0.1, 0.15) is 23.8 Å². The molecule has 9 heteroatoms. The van der Waals surface area contributed by atoms with Gasteiger partial charge in [-0.25, -0.2) is 0 Å². The highest BCUT2D eigenvalue weighted by molar-refractivity contribution is 5.20. The van der Waals surface area contributed by atoms with Crippen LogP contribution >= 0.6 is 0 Å². The molecular weight excluding hydrogens is 280 g/mol. The number of nitrogens with zero attached hydrogens (tertiary/aromatic N) is 1. The average Bonchev–Trinajstić information content (AvgIpc) is 2.26. The van der Waals surface area contributed by atoms with Gasteiger partial charge in [0.05, 0.1) is 6.10 Å². The third-order valence-corrected chi connectivity index (χ3v) is 2.28. The topological polar surface area (TPSA) is 53.4 Å². The van der Waals surface area contributed by atoms with Crippen molar-refractivity contribution in [3.63, 3.8) is 0 Å². The minimum atomic E-state index is -4.94. The summed E-state index contributed by atoms with van der Waals surface area (Å²) in [6.45, 7) is 0. The highest BCUT2D eigenvalue weighted by Crippen LogP contribution is 2.31. The van der Waals surface area contributed by atoms with Gasteiger partial charge >= 0.3 is 12.4 Å². The van der Waals surface area contributed by atoms with Crippen LogP contribution in [0.25, 0.3) is 0 Å². The fourth-order valence-electron chi connectivity index (χ4n) is 1.29. The van der Waals surface area contributed by atoms with Crippen molar-refractivity contribution in [2.24, 2.45) is 0 Å². The number of halogens is 6. The maximum atomic E-state index is 12.3. The Kier molecular flexibility index (Phi) is 4.41. The van der Waals surface area contributed by atoms with E-state index in [1.165, 1.54) is 0 Å². The molecule has 2 unspecified atom stereocenters. The summed E-state index contributed by atoms with van der Waals surface area (Å²) in [6, 6.07) is 1.39. The minimum Gasteiger partial charge on any atom is -0.388 e. The standard InChI is InChI=1S/C10H9F6NO2/c11-9(12,13)7-3-5(1-2-17-7)6(18)4-8(19)10(14,15)16/h1-3,6,8,18-19H,4H2. The van der Waals surface area contributed by atoms with E-state index in [1.54, 1.807) is 0 Å². The zero-order valence-electron chi connectivity index (χ0n) is 9.20. The molecule has 0 saturated heterocycles. The van der Waals surface area contributed by atoms with Crippen LogP contribution in [0.5, 0.6) is 0 Å². The maximum Gasteiger partial charge on any atom is 0.433 e. The number of aromatic nitrogens is 1. The summed E-state index contributed by atoms with van der Waals surface area (Å²) in [4.78, 5) is 3.00. The van der Waals surface area contributed by atoms with Crippen molar-refractivity contribution >= 4 is 0 Å². The molecule has 2 atom stereocenters.